The van der Waals surface area contributed by atoms with Crippen LogP contribution in [0.3, 0.4) is 0 Å². The van der Waals surface area contributed by atoms with Crippen molar-refractivity contribution in [2.24, 2.45) is 5.92 Å². The molecule has 1 aliphatic heterocycles. The molecular formula is C17H22F4N2O. The average Bonchev–Trinajstić information content (AvgIpc) is 3.06. The standard InChI is InChI=1S/C17H22F4N2O/c18-13-6-5-12(17(19,20)21)14(16(13)24)15(11-3-1-2-4-11)23-9-7-22-8-10-23/h5-6,11,15,22,24H,1-4,7-10H2/t15-/m0/s1. The molecule has 7 heteroatoms. The quantitative estimate of drug-likeness (QED) is 0.820. The molecule has 134 valence electrons. The third kappa shape index (κ3) is 3.37. The Morgan fingerprint density at radius 2 is 1.75 bits per heavy atom. The third-order valence-electron chi connectivity index (χ3n) is 5.16. The molecule has 1 saturated carbocycles. The highest BCUT2D eigenvalue weighted by Crippen LogP contribution is 2.48. The minimum atomic E-state index is -4.62. The van der Waals surface area contributed by atoms with Gasteiger partial charge in [0.05, 0.1) is 5.56 Å². The summed E-state index contributed by atoms with van der Waals surface area (Å²) in [6, 6.07) is 0.863. The Labute approximate surface area is 138 Å². The van der Waals surface area contributed by atoms with Crippen molar-refractivity contribution < 1.29 is 22.7 Å². The second-order valence-corrected chi connectivity index (χ2v) is 6.63. The number of hydrogen-bond donors (Lipinski definition) is 2. The van der Waals surface area contributed by atoms with Gasteiger partial charge >= 0.3 is 6.18 Å². The fourth-order valence-electron chi connectivity index (χ4n) is 4.08. The highest BCUT2D eigenvalue weighted by atomic mass is 19.4. The maximum Gasteiger partial charge on any atom is 0.416 e. The van der Waals surface area contributed by atoms with E-state index in [9.17, 15) is 22.7 Å². The van der Waals surface area contributed by atoms with Crippen LogP contribution in [-0.2, 0) is 6.18 Å². The molecule has 1 atom stereocenters. The molecule has 0 bridgehead atoms. The van der Waals surface area contributed by atoms with E-state index >= 15 is 0 Å². The van der Waals surface area contributed by atoms with Gasteiger partial charge in [0.15, 0.2) is 11.6 Å². The second-order valence-electron chi connectivity index (χ2n) is 6.63. The number of hydrogen-bond acceptors (Lipinski definition) is 3. The van der Waals surface area contributed by atoms with Crippen molar-refractivity contribution in [3.05, 3.63) is 29.1 Å². The lowest BCUT2D eigenvalue weighted by atomic mass is 9.86. The Kier molecular flexibility index (Phi) is 5.01. The van der Waals surface area contributed by atoms with E-state index in [2.05, 4.69) is 5.32 Å². The number of piperazine rings is 1. The van der Waals surface area contributed by atoms with Gasteiger partial charge in [-0.1, -0.05) is 12.8 Å². The topological polar surface area (TPSA) is 35.5 Å². The van der Waals surface area contributed by atoms with Crippen molar-refractivity contribution in [1.29, 1.82) is 0 Å². The molecule has 1 saturated heterocycles. The van der Waals surface area contributed by atoms with Crippen LogP contribution >= 0.6 is 0 Å². The fraction of sp³-hybridized carbons (Fsp3) is 0.647. The summed E-state index contributed by atoms with van der Waals surface area (Å²) in [6.45, 7) is 2.55. The Morgan fingerprint density at radius 1 is 1.12 bits per heavy atom. The summed E-state index contributed by atoms with van der Waals surface area (Å²) in [5.41, 5.74) is -1.20. The lowest BCUT2D eigenvalue weighted by Gasteiger charge is -2.39. The van der Waals surface area contributed by atoms with Gasteiger partial charge in [-0.2, -0.15) is 13.2 Å². The second kappa shape index (κ2) is 6.88. The minimum absolute atomic E-state index is 0.0110. The molecule has 1 aromatic carbocycles. The van der Waals surface area contributed by atoms with E-state index in [0.717, 1.165) is 31.7 Å². The van der Waals surface area contributed by atoms with Crippen molar-refractivity contribution in [3.8, 4) is 5.75 Å². The predicted molar refractivity (Wildman–Crippen MR) is 82.2 cm³/mol. The molecule has 2 N–H and O–H groups in total. The predicted octanol–water partition coefficient (Wildman–Crippen LogP) is 3.69. The van der Waals surface area contributed by atoms with Gasteiger partial charge in [-0.25, -0.2) is 4.39 Å². The monoisotopic (exact) mass is 346 g/mol. The van der Waals surface area contributed by atoms with Gasteiger partial charge < -0.3 is 10.4 Å². The lowest BCUT2D eigenvalue weighted by Crippen LogP contribution is -2.47. The Morgan fingerprint density at radius 3 is 2.33 bits per heavy atom. The van der Waals surface area contributed by atoms with Crippen LogP contribution in [0.4, 0.5) is 17.6 Å². The fourth-order valence-corrected chi connectivity index (χ4v) is 4.08. The first-order valence-corrected chi connectivity index (χ1v) is 8.43. The van der Waals surface area contributed by atoms with Crippen molar-refractivity contribution in [1.82, 2.24) is 10.2 Å². The van der Waals surface area contributed by atoms with Crippen LogP contribution in [0.15, 0.2) is 12.1 Å². The van der Waals surface area contributed by atoms with Gasteiger partial charge in [-0.3, -0.25) is 4.90 Å². The van der Waals surface area contributed by atoms with E-state index in [1.807, 2.05) is 4.90 Å². The van der Waals surface area contributed by atoms with E-state index in [1.165, 1.54) is 0 Å². The maximum absolute atomic E-state index is 13.9. The van der Waals surface area contributed by atoms with Gasteiger partial charge in [0.25, 0.3) is 0 Å². The SMILES string of the molecule is Oc1c(F)ccc(C(F)(F)F)c1[C@H](C1CCCC1)N1CCNCC1. The van der Waals surface area contributed by atoms with Gasteiger partial charge in [-0.05, 0) is 30.9 Å². The summed E-state index contributed by atoms with van der Waals surface area (Å²) >= 11 is 0. The average molecular weight is 346 g/mol. The third-order valence-corrected chi connectivity index (χ3v) is 5.16. The zero-order valence-corrected chi connectivity index (χ0v) is 13.4. The van der Waals surface area contributed by atoms with Crippen LogP contribution in [0, 0.1) is 11.7 Å². The van der Waals surface area contributed by atoms with E-state index in [4.69, 9.17) is 0 Å². The normalized spacial score (nSPS) is 22.0. The molecule has 1 aromatic rings. The highest BCUT2D eigenvalue weighted by Gasteiger charge is 2.42. The molecule has 1 heterocycles. The van der Waals surface area contributed by atoms with Crippen LogP contribution in [0.2, 0.25) is 0 Å². The van der Waals surface area contributed by atoms with Gasteiger partial charge in [0.2, 0.25) is 0 Å². The molecule has 2 fully saturated rings. The lowest BCUT2D eigenvalue weighted by molar-refractivity contribution is -0.139. The number of halogens is 4. The first-order chi connectivity index (χ1) is 11.4. The number of aromatic hydroxyl groups is 1. The van der Waals surface area contributed by atoms with Crippen LogP contribution in [0.5, 0.6) is 5.75 Å². The Hall–Kier alpha value is -1.34. The number of phenols is 1. The molecule has 0 amide bonds. The van der Waals surface area contributed by atoms with Gasteiger partial charge in [-0.15, -0.1) is 0 Å². The number of alkyl halides is 3. The van der Waals surface area contributed by atoms with E-state index in [-0.39, 0.29) is 11.5 Å². The zero-order valence-electron chi connectivity index (χ0n) is 13.4. The molecule has 0 aromatic heterocycles. The van der Waals surface area contributed by atoms with Crippen LogP contribution in [0.25, 0.3) is 0 Å². The van der Waals surface area contributed by atoms with Crippen molar-refractivity contribution in [2.45, 2.75) is 37.9 Å². The molecular weight excluding hydrogens is 324 g/mol. The van der Waals surface area contributed by atoms with Crippen molar-refractivity contribution in [2.75, 3.05) is 26.2 Å². The van der Waals surface area contributed by atoms with E-state index in [1.54, 1.807) is 0 Å². The Balaban J connectivity index is 2.10. The molecule has 24 heavy (non-hydrogen) atoms. The van der Waals surface area contributed by atoms with Gasteiger partial charge in [0.1, 0.15) is 0 Å². The van der Waals surface area contributed by atoms with E-state index in [0.29, 0.717) is 32.2 Å². The summed E-state index contributed by atoms with van der Waals surface area (Å²) < 4.78 is 54.4. The number of nitrogens with zero attached hydrogens (tertiary/aromatic N) is 1. The zero-order chi connectivity index (χ0) is 17.3. The summed E-state index contributed by atoms with van der Waals surface area (Å²) in [7, 11) is 0. The number of benzene rings is 1. The van der Waals surface area contributed by atoms with E-state index < -0.39 is 29.3 Å². The molecule has 2 aliphatic rings. The largest absolute Gasteiger partial charge is 0.505 e. The first-order valence-electron chi connectivity index (χ1n) is 8.43. The summed E-state index contributed by atoms with van der Waals surface area (Å²) in [6.07, 6.45) is -1.08. The molecule has 0 spiro atoms. The minimum Gasteiger partial charge on any atom is -0.505 e. The summed E-state index contributed by atoms with van der Waals surface area (Å²) in [5.74, 6) is -1.83. The van der Waals surface area contributed by atoms with Crippen LogP contribution < -0.4 is 5.32 Å². The molecule has 0 unspecified atom stereocenters. The smallest absolute Gasteiger partial charge is 0.416 e. The van der Waals surface area contributed by atoms with Crippen LogP contribution in [0.1, 0.15) is 42.9 Å². The maximum atomic E-state index is 13.9. The Bertz CT molecular complexity index is 579. The number of phenolic OH excluding ortho intramolecular Hbond substituents is 1. The van der Waals surface area contributed by atoms with Crippen molar-refractivity contribution in [3.63, 3.8) is 0 Å². The van der Waals surface area contributed by atoms with Gasteiger partial charge in [0, 0.05) is 37.8 Å². The first kappa shape index (κ1) is 17.5. The molecule has 1 aliphatic carbocycles. The summed E-state index contributed by atoms with van der Waals surface area (Å²) in [4.78, 5) is 1.97. The molecule has 3 rings (SSSR count). The van der Waals surface area contributed by atoms with Crippen LogP contribution in [-0.4, -0.2) is 36.2 Å². The number of nitrogens with one attached hydrogen (secondary N) is 1. The summed E-state index contributed by atoms with van der Waals surface area (Å²) in [5, 5.41) is 13.4. The molecule has 0 radical (unpaired) electrons. The number of rotatable bonds is 3. The highest BCUT2D eigenvalue weighted by molar-refractivity contribution is 5.45. The van der Waals surface area contributed by atoms with Crippen molar-refractivity contribution >= 4 is 0 Å². The molecule has 3 nitrogen and oxygen atoms in total.